The van der Waals surface area contributed by atoms with Gasteiger partial charge in [-0.05, 0) is 12.8 Å². The van der Waals surface area contributed by atoms with Gasteiger partial charge in [0.25, 0.3) is 11.8 Å². The number of nitrogens with zero attached hydrogens (tertiary/aromatic N) is 1. The molecular weight excluding hydrogens is 248 g/mol. The molecule has 1 atom stereocenters. The molecule has 1 rings (SSSR count). The minimum absolute atomic E-state index is 0.00170. The van der Waals surface area contributed by atoms with E-state index >= 15 is 0 Å². The molecule has 104 valence electrons. The third kappa shape index (κ3) is 4.01. The number of rotatable bonds is 6. The van der Waals surface area contributed by atoms with Crippen LogP contribution in [0.2, 0.25) is 0 Å². The van der Waals surface area contributed by atoms with Gasteiger partial charge in [-0.2, -0.15) is 0 Å². The van der Waals surface area contributed by atoms with E-state index in [2.05, 4.69) is 5.32 Å². The fraction of sp³-hybridized carbons (Fsp3) is 0.538. The number of amides is 3. The Morgan fingerprint density at radius 3 is 2.16 bits per heavy atom. The van der Waals surface area contributed by atoms with Crippen molar-refractivity contribution in [1.82, 2.24) is 10.2 Å². The lowest BCUT2D eigenvalue weighted by atomic mass is 10.0. The molecule has 6 nitrogen and oxygen atoms in total. The highest BCUT2D eigenvalue weighted by Gasteiger charge is 2.25. The number of nitrogens with one attached hydrogen (secondary N) is 1. The van der Waals surface area contributed by atoms with E-state index in [1.54, 1.807) is 0 Å². The van der Waals surface area contributed by atoms with Crippen LogP contribution in [-0.2, 0) is 19.2 Å². The molecular formula is C13H18N2O4. The molecule has 19 heavy (non-hydrogen) atoms. The van der Waals surface area contributed by atoms with Crippen LogP contribution in [0.4, 0.5) is 0 Å². The number of carbonyl (C=O) groups is 4. The highest BCUT2D eigenvalue weighted by molar-refractivity contribution is 6.13. The van der Waals surface area contributed by atoms with Crippen molar-refractivity contribution >= 4 is 23.5 Å². The summed E-state index contributed by atoms with van der Waals surface area (Å²) in [5, 5.41) is 2.61. The van der Waals surface area contributed by atoms with E-state index < -0.39 is 17.9 Å². The van der Waals surface area contributed by atoms with Crippen LogP contribution < -0.4 is 5.32 Å². The second-order valence-electron chi connectivity index (χ2n) is 4.81. The van der Waals surface area contributed by atoms with Crippen molar-refractivity contribution in [3.8, 4) is 0 Å². The Morgan fingerprint density at radius 2 is 1.74 bits per heavy atom. The van der Waals surface area contributed by atoms with Crippen molar-refractivity contribution in [2.45, 2.75) is 33.2 Å². The third-order valence-corrected chi connectivity index (χ3v) is 2.88. The molecule has 1 heterocycles. The van der Waals surface area contributed by atoms with Crippen molar-refractivity contribution in [2.24, 2.45) is 5.92 Å². The third-order valence-electron chi connectivity index (χ3n) is 2.88. The monoisotopic (exact) mass is 266 g/mol. The molecule has 0 radical (unpaired) electrons. The van der Waals surface area contributed by atoms with E-state index in [9.17, 15) is 19.2 Å². The smallest absolute Gasteiger partial charge is 0.253 e. The SMILES string of the molecule is CC(=O)C(NC(=O)CCN1C(=O)C=CC1=O)C(C)C. The van der Waals surface area contributed by atoms with Crippen molar-refractivity contribution in [2.75, 3.05) is 6.54 Å². The minimum Gasteiger partial charge on any atom is -0.346 e. The Labute approximate surface area is 111 Å². The van der Waals surface area contributed by atoms with Crippen molar-refractivity contribution in [1.29, 1.82) is 0 Å². The van der Waals surface area contributed by atoms with Crippen LogP contribution in [0, 0.1) is 5.92 Å². The van der Waals surface area contributed by atoms with Gasteiger partial charge in [-0.1, -0.05) is 13.8 Å². The maximum atomic E-state index is 11.7. The summed E-state index contributed by atoms with van der Waals surface area (Å²) in [5.74, 6) is -1.28. The summed E-state index contributed by atoms with van der Waals surface area (Å²) in [6.45, 7) is 5.12. The Bertz CT molecular complexity index is 422. The maximum Gasteiger partial charge on any atom is 0.253 e. The second-order valence-corrected chi connectivity index (χ2v) is 4.81. The molecule has 0 aromatic heterocycles. The topological polar surface area (TPSA) is 83.6 Å². The molecule has 1 aliphatic heterocycles. The van der Waals surface area contributed by atoms with Crippen molar-refractivity contribution in [3.05, 3.63) is 12.2 Å². The van der Waals surface area contributed by atoms with Crippen LogP contribution in [-0.4, -0.2) is 41.0 Å². The van der Waals surface area contributed by atoms with E-state index in [-0.39, 0.29) is 30.6 Å². The Hall–Kier alpha value is -1.98. The number of hydrogen-bond donors (Lipinski definition) is 1. The standard InChI is InChI=1S/C13H18N2O4/c1-8(2)13(9(3)16)14-10(17)6-7-15-11(18)4-5-12(15)19/h4-5,8,13H,6-7H2,1-3H3,(H,14,17). The lowest BCUT2D eigenvalue weighted by Gasteiger charge is -2.20. The van der Waals surface area contributed by atoms with Gasteiger partial charge in [-0.3, -0.25) is 24.1 Å². The second kappa shape index (κ2) is 6.26. The van der Waals surface area contributed by atoms with E-state index in [0.29, 0.717) is 0 Å². The largest absolute Gasteiger partial charge is 0.346 e. The average Bonchev–Trinajstić information content (AvgIpc) is 2.62. The van der Waals surface area contributed by atoms with Crippen LogP contribution in [0.3, 0.4) is 0 Å². The molecule has 0 aromatic carbocycles. The Morgan fingerprint density at radius 1 is 1.21 bits per heavy atom. The first-order valence-corrected chi connectivity index (χ1v) is 6.16. The summed E-state index contributed by atoms with van der Waals surface area (Å²) >= 11 is 0. The number of ketones is 1. The number of hydrogen-bond acceptors (Lipinski definition) is 4. The van der Waals surface area contributed by atoms with Crippen LogP contribution in [0.25, 0.3) is 0 Å². The van der Waals surface area contributed by atoms with Crippen molar-refractivity contribution < 1.29 is 19.2 Å². The minimum atomic E-state index is -0.532. The average molecular weight is 266 g/mol. The van der Waals surface area contributed by atoms with Gasteiger partial charge in [0.15, 0.2) is 5.78 Å². The first-order valence-electron chi connectivity index (χ1n) is 6.16. The molecule has 0 aromatic rings. The van der Waals surface area contributed by atoms with Crippen LogP contribution in [0.1, 0.15) is 27.2 Å². The summed E-state index contributed by atoms with van der Waals surface area (Å²) in [6.07, 6.45) is 2.34. The predicted molar refractivity (Wildman–Crippen MR) is 67.9 cm³/mol. The molecule has 1 aliphatic rings. The summed E-state index contributed by atoms with van der Waals surface area (Å²) in [6, 6.07) is -0.532. The fourth-order valence-corrected chi connectivity index (χ4v) is 1.85. The molecule has 0 spiro atoms. The zero-order valence-electron chi connectivity index (χ0n) is 11.3. The molecule has 3 amide bonds. The van der Waals surface area contributed by atoms with Gasteiger partial charge < -0.3 is 5.32 Å². The van der Waals surface area contributed by atoms with Gasteiger partial charge in [0.05, 0.1) is 6.04 Å². The Balaban J connectivity index is 2.46. The molecule has 1 unspecified atom stereocenters. The quantitative estimate of drug-likeness (QED) is 0.688. The highest BCUT2D eigenvalue weighted by atomic mass is 16.2. The van der Waals surface area contributed by atoms with E-state index in [4.69, 9.17) is 0 Å². The molecule has 0 bridgehead atoms. The van der Waals surface area contributed by atoms with Gasteiger partial charge >= 0.3 is 0 Å². The van der Waals surface area contributed by atoms with Crippen LogP contribution in [0.15, 0.2) is 12.2 Å². The van der Waals surface area contributed by atoms with Crippen LogP contribution in [0.5, 0.6) is 0 Å². The van der Waals surface area contributed by atoms with E-state index in [1.165, 1.54) is 19.1 Å². The molecule has 1 N–H and O–H groups in total. The van der Waals surface area contributed by atoms with Gasteiger partial charge in [0.2, 0.25) is 5.91 Å². The zero-order valence-corrected chi connectivity index (χ0v) is 11.3. The molecule has 6 heteroatoms. The first kappa shape index (κ1) is 15.1. The lowest BCUT2D eigenvalue weighted by Crippen LogP contribution is -2.44. The lowest BCUT2D eigenvalue weighted by molar-refractivity contribution is -0.137. The normalized spacial score (nSPS) is 16.1. The first-order chi connectivity index (χ1) is 8.82. The van der Waals surface area contributed by atoms with Gasteiger partial charge in [-0.15, -0.1) is 0 Å². The van der Waals surface area contributed by atoms with E-state index in [1.807, 2.05) is 13.8 Å². The van der Waals surface area contributed by atoms with Gasteiger partial charge in [-0.25, -0.2) is 0 Å². The summed E-state index contributed by atoms with van der Waals surface area (Å²) < 4.78 is 0. The van der Waals surface area contributed by atoms with Gasteiger partial charge in [0.1, 0.15) is 0 Å². The van der Waals surface area contributed by atoms with Crippen LogP contribution >= 0.6 is 0 Å². The van der Waals surface area contributed by atoms with Crippen molar-refractivity contribution in [3.63, 3.8) is 0 Å². The summed E-state index contributed by atoms with van der Waals surface area (Å²) in [4.78, 5) is 46.6. The molecule has 0 saturated heterocycles. The summed E-state index contributed by atoms with van der Waals surface area (Å²) in [5.41, 5.74) is 0. The molecule has 0 aliphatic carbocycles. The number of Topliss-reactive ketones (excluding diaryl/α,β-unsaturated/α-hetero) is 1. The zero-order chi connectivity index (χ0) is 14.6. The predicted octanol–water partition coefficient (Wildman–Crippen LogP) is 0.0313. The number of carbonyl (C=O) groups excluding carboxylic acids is 4. The maximum absolute atomic E-state index is 11.7. The number of imide groups is 1. The van der Waals surface area contributed by atoms with Gasteiger partial charge in [0, 0.05) is 25.1 Å². The molecule has 0 fully saturated rings. The summed E-state index contributed by atoms with van der Waals surface area (Å²) in [7, 11) is 0. The molecule has 0 saturated carbocycles. The van der Waals surface area contributed by atoms with E-state index in [0.717, 1.165) is 4.90 Å². The highest BCUT2D eigenvalue weighted by Crippen LogP contribution is 2.06. The Kier molecular flexibility index (Phi) is 4.97. The fourth-order valence-electron chi connectivity index (χ4n) is 1.85.